The van der Waals surface area contributed by atoms with Crippen molar-refractivity contribution in [3.63, 3.8) is 0 Å². The molecule has 10 atom stereocenters. The maximum atomic E-state index is 13.2. The van der Waals surface area contributed by atoms with E-state index < -0.39 is 0 Å². The Kier molecular flexibility index (Phi) is 7.92. The fourth-order valence-electron chi connectivity index (χ4n) is 13.3. The van der Waals surface area contributed by atoms with Gasteiger partial charge in [0.05, 0.1) is 6.61 Å². The summed E-state index contributed by atoms with van der Waals surface area (Å²) < 4.78 is 15.5. The van der Waals surface area contributed by atoms with Crippen molar-refractivity contribution >= 4 is 12.2 Å². The molecule has 2 aromatic rings. The van der Waals surface area contributed by atoms with Crippen molar-refractivity contribution in [3.05, 3.63) is 48.6 Å². The number of aromatic nitrogens is 4. The third-order valence-corrected chi connectivity index (χ3v) is 15.9. The van der Waals surface area contributed by atoms with Gasteiger partial charge in [-0.2, -0.15) is 0 Å². The highest BCUT2D eigenvalue weighted by molar-refractivity contribution is 5.71. The summed E-state index contributed by atoms with van der Waals surface area (Å²) in [5.74, 6) is 3.96. The maximum absolute atomic E-state index is 13.2. The zero-order chi connectivity index (χ0) is 34.4. The lowest BCUT2D eigenvalue weighted by atomic mass is 9.32. The highest BCUT2D eigenvalue weighted by Crippen LogP contribution is 2.77. The normalized spacial score (nSPS) is 41.3. The Balaban J connectivity index is 1.15. The topological polar surface area (TPSA) is 88.2 Å². The van der Waals surface area contributed by atoms with Crippen LogP contribution in [0.2, 0.25) is 0 Å². The highest BCUT2D eigenvalue weighted by atomic mass is 16.6. The summed E-state index contributed by atoms with van der Waals surface area (Å²) >= 11 is 0. The number of nitrogens with zero attached hydrogens (tertiary/aromatic N) is 4. The molecule has 0 aromatic carbocycles. The minimum absolute atomic E-state index is 0.000238. The third-order valence-electron chi connectivity index (χ3n) is 15.9. The van der Waals surface area contributed by atoms with Crippen LogP contribution in [-0.4, -0.2) is 44.0 Å². The number of ether oxygens (including phenoxy) is 2. The molecule has 0 spiro atoms. The van der Waals surface area contributed by atoms with Gasteiger partial charge in [-0.05, 0) is 131 Å². The average molecular weight is 659 g/mol. The molecular formula is C40H58N4O4. The van der Waals surface area contributed by atoms with Crippen molar-refractivity contribution in [1.29, 1.82) is 0 Å². The van der Waals surface area contributed by atoms with Crippen LogP contribution in [0.1, 0.15) is 117 Å². The van der Waals surface area contributed by atoms with Crippen LogP contribution in [0.4, 0.5) is 9.59 Å². The number of carbonyl (C=O) groups excluding carboxylic acids is 2. The number of hydrogen-bond donors (Lipinski definition) is 0. The van der Waals surface area contributed by atoms with E-state index in [9.17, 15) is 9.59 Å². The Hall–Kier alpha value is -2.90. The molecule has 5 saturated carbocycles. The first-order valence-electron chi connectivity index (χ1n) is 18.6. The lowest BCUT2D eigenvalue weighted by Crippen LogP contribution is -2.67. The minimum Gasteiger partial charge on any atom is -0.448 e. The molecule has 0 aliphatic heterocycles. The van der Waals surface area contributed by atoms with Crippen molar-refractivity contribution in [2.24, 2.45) is 56.7 Å². The van der Waals surface area contributed by atoms with Crippen LogP contribution in [0.15, 0.2) is 36.9 Å². The Morgan fingerprint density at radius 1 is 0.812 bits per heavy atom. The van der Waals surface area contributed by atoms with E-state index >= 15 is 0 Å². The monoisotopic (exact) mass is 658 g/mol. The van der Waals surface area contributed by atoms with Crippen molar-refractivity contribution < 1.29 is 19.1 Å². The van der Waals surface area contributed by atoms with Gasteiger partial charge >= 0.3 is 12.2 Å². The van der Waals surface area contributed by atoms with Crippen LogP contribution < -0.4 is 0 Å². The molecular weight excluding hydrogens is 600 g/mol. The number of imidazole rings is 2. The van der Waals surface area contributed by atoms with Crippen LogP contribution in [0.3, 0.4) is 0 Å². The molecule has 5 fully saturated rings. The number of allylic oxidation sites excluding steroid dienone is 1. The molecule has 7 rings (SSSR count). The Morgan fingerprint density at radius 3 is 2.10 bits per heavy atom. The van der Waals surface area contributed by atoms with E-state index in [1.165, 1.54) is 46.8 Å². The van der Waals surface area contributed by atoms with Gasteiger partial charge in [0, 0.05) is 35.6 Å². The van der Waals surface area contributed by atoms with Crippen molar-refractivity contribution in [2.75, 3.05) is 6.61 Å². The van der Waals surface area contributed by atoms with Gasteiger partial charge in [0.15, 0.2) is 0 Å². The fraction of sp³-hybridized carbons (Fsp3) is 0.750. The molecule has 5 aliphatic rings. The number of fused-ring (bicyclic) bond motifs is 7. The number of carbonyl (C=O) groups is 2. The quantitative estimate of drug-likeness (QED) is 0.304. The van der Waals surface area contributed by atoms with Crippen molar-refractivity contribution in [2.45, 2.75) is 126 Å². The summed E-state index contributed by atoms with van der Waals surface area (Å²) in [6.07, 6.45) is 17.4. The predicted molar refractivity (Wildman–Crippen MR) is 185 cm³/mol. The van der Waals surface area contributed by atoms with Gasteiger partial charge in [-0.25, -0.2) is 28.7 Å². The molecule has 2 heterocycles. The summed E-state index contributed by atoms with van der Waals surface area (Å²) in [5.41, 5.74) is 1.78. The summed E-state index contributed by atoms with van der Waals surface area (Å²) in [4.78, 5) is 34.9. The van der Waals surface area contributed by atoms with Gasteiger partial charge in [0.1, 0.15) is 17.8 Å². The molecule has 5 aliphatic carbocycles. The summed E-state index contributed by atoms with van der Waals surface area (Å²) in [7, 11) is 0. The minimum atomic E-state index is -0.309. The molecule has 2 aromatic heterocycles. The van der Waals surface area contributed by atoms with Crippen molar-refractivity contribution in [1.82, 2.24) is 19.1 Å². The average Bonchev–Trinajstić information content (AvgIpc) is 3.76. The first-order chi connectivity index (χ1) is 22.6. The summed E-state index contributed by atoms with van der Waals surface area (Å²) in [5, 5.41) is 0. The standard InChI is InChI=1S/C40H58N4O4/c1-25(2)28-12-17-40(24-47-34(45)43-22-20-41-26(43)3)19-18-38(8)29(33(28)40)10-11-31-37(7)15-14-32(48-35(46)44-23-21-42-27(44)4)36(5,6)30(37)13-16-39(31,38)9/h20-23,28-33H,1,10-19,24H2,2-9H3/t28-,29+,30-,31+,32-,33+,37-,38+,39+,40+/m0/s1. The first-order valence-corrected chi connectivity index (χ1v) is 18.6. The van der Waals surface area contributed by atoms with Gasteiger partial charge in [-0.1, -0.05) is 46.8 Å². The lowest BCUT2D eigenvalue weighted by Gasteiger charge is -2.73. The molecule has 0 N–H and O–H groups in total. The van der Waals surface area contributed by atoms with E-state index in [1.807, 2.05) is 13.8 Å². The smallest absolute Gasteiger partial charge is 0.419 e. The van der Waals surface area contributed by atoms with Gasteiger partial charge in [-0.15, -0.1) is 0 Å². The molecule has 262 valence electrons. The van der Waals surface area contributed by atoms with Crippen LogP contribution in [0.5, 0.6) is 0 Å². The van der Waals surface area contributed by atoms with Crippen LogP contribution in [0.25, 0.3) is 0 Å². The highest BCUT2D eigenvalue weighted by Gasteiger charge is 2.71. The SMILES string of the molecule is C=C(C)[C@@H]1CC[C@]2(COC(=O)n3ccnc3C)CC[C@]3(C)[C@H](CC[C@@H]4[C@@]5(C)CC[C@H](OC(=O)n6ccnc6C)C(C)(C)[C@@H]5CC[C@]43C)[C@@H]12. The zero-order valence-corrected chi connectivity index (χ0v) is 30.7. The maximum Gasteiger partial charge on any atom is 0.419 e. The van der Waals surface area contributed by atoms with Crippen LogP contribution in [-0.2, 0) is 9.47 Å². The zero-order valence-electron chi connectivity index (χ0n) is 30.7. The van der Waals surface area contributed by atoms with E-state index in [0.29, 0.717) is 47.8 Å². The van der Waals surface area contributed by atoms with E-state index in [4.69, 9.17) is 9.47 Å². The largest absolute Gasteiger partial charge is 0.448 e. The predicted octanol–water partition coefficient (Wildman–Crippen LogP) is 9.39. The number of aryl methyl sites for hydroxylation is 2. The van der Waals surface area contributed by atoms with Crippen LogP contribution >= 0.6 is 0 Å². The molecule has 0 saturated heterocycles. The molecule has 48 heavy (non-hydrogen) atoms. The lowest BCUT2D eigenvalue weighted by molar-refractivity contribution is -0.249. The van der Waals surface area contributed by atoms with Crippen LogP contribution in [0, 0.1) is 70.5 Å². The summed E-state index contributed by atoms with van der Waals surface area (Å²) in [6.45, 7) is 23.6. The van der Waals surface area contributed by atoms with E-state index in [2.05, 4.69) is 58.1 Å². The molecule has 0 bridgehead atoms. The number of hydrogen-bond acceptors (Lipinski definition) is 6. The van der Waals surface area contributed by atoms with Crippen molar-refractivity contribution in [3.8, 4) is 0 Å². The van der Waals surface area contributed by atoms with E-state index in [-0.39, 0.29) is 45.4 Å². The Bertz CT molecular complexity index is 1610. The Morgan fingerprint density at radius 2 is 1.48 bits per heavy atom. The second-order valence-electron chi connectivity index (χ2n) is 18.0. The van der Waals surface area contributed by atoms with Gasteiger partial charge in [0.2, 0.25) is 0 Å². The molecule has 8 heteroatoms. The Labute approximate surface area is 287 Å². The third kappa shape index (κ3) is 4.66. The van der Waals surface area contributed by atoms with Gasteiger partial charge < -0.3 is 9.47 Å². The van der Waals surface area contributed by atoms with E-state index in [0.717, 1.165) is 32.1 Å². The number of rotatable bonds is 4. The molecule has 8 nitrogen and oxygen atoms in total. The summed E-state index contributed by atoms with van der Waals surface area (Å²) in [6, 6.07) is 0. The molecule has 0 amide bonds. The first kappa shape index (κ1) is 33.6. The fourth-order valence-corrected chi connectivity index (χ4v) is 13.3. The van der Waals surface area contributed by atoms with Gasteiger partial charge in [0.25, 0.3) is 0 Å². The second kappa shape index (κ2) is 11.3. The molecule has 0 radical (unpaired) electrons. The second-order valence-corrected chi connectivity index (χ2v) is 18.0. The van der Waals surface area contributed by atoms with Gasteiger partial charge in [-0.3, -0.25) is 0 Å². The van der Waals surface area contributed by atoms with E-state index in [1.54, 1.807) is 24.8 Å². The molecule has 0 unspecified atom stereocenters.